The van der Waals surface area contributed by atoms with Gasteiger partial charge in [0.2, 0.25) is 0 Å². The number of ether oxygens (including phenoxy) is 1. The van der Waals surface area contributed by atoms with Gasteiger partial charge in [-0.15, -0.1) is 35.3 Å². The van der Waals surface area contributed by atoms with Gasteiger partial charge in [0.05, 0.1) is 13.2 Å². The van der Waals surface area contributed by atoms with Crippen molar-refractivity contribution in [2.75, 3.05) is 20.2 Å². The van der Waals surface area contributed by atoms with E-state index < -0.39 is 0 Å². The molecule has 0 radical (unpaired) electrons. The maximum atomic E-state index is 12.8. The molecule has 0 spiro atoms. The number of aryl methyl sites for hydroxylation is 1. The van der Waals surface area contributed by atoms with Crippen LogP contribution in [0.4, 0.5) is 4.39 Å². The van der Waals surface area contributed by atoms with Crippen molar-refractivity contribution in [3.8, 4) is 5.75 Å². The molecule has 1 aromatic heterocycles. The molecule has 8 heteroatoms. The highest BCUT2D eigenvalue weighted by Gasteiger charge is 2.02. The molecule has 0 aliphatic carbocycles. The Labute approximate surface area is 175 Å². The summed E-state index contributed by atoms with van der Waals surface area (Å²) in [6, 6.07) is 6.08. The predicted octanol–water partition coefficient (Wildman–Crippen LogP) is 3.99. The molecule has 2 N–H and O–H groups in total. The summed E-state index contributed by atoms with van der Waals surface area (Å²) in [5.74, 6) is 1.22. The van der Waals surface area contributed by atoms with Crippen molar-refractivity contribution in [1.29, 1.82) is 0 Å². The largest absolute Gasteiger partial charge is 0.494 e. The van der Waals surface area contributed by atoms with E-state index in [1.807, 2.05) is 6.20 Å². The van der Waals surface area contributed by atoms with Crippen LogP contribution in [0.2, 0.25) is 0 Å². The zero-order valence-electron chi connectivity index (χ0n) is 15.1. The van der Waals surface area contributed by atoms with Crippen molar-refractivity contribution < 1.29 is 9.13 Å². The Morgan fingerprint density at radius 3 is 2.65 bits per heavy atom. The first kappa shape index (κ1) is 22.6. The third kappa shape index (κ3) is 8.31. The minimum absolute atomic E-state index is 0. The highest BCUT2D eigenvalue weighted by molar-refractivity contribution is 14.0. The molecule has 2 aromatic rings. The van der Waals surface area contributed by atoms with E-state index in [4.69, 9.17) is 4.74 Å². The van der Waals surface area contributed by atoms with Crippen LogP contribution in [-0.4, -0.2) is 31.1 Å². The van der Waals surface area contributed by atoms with Gasteiger partial charge in [-0.3, -0.25) is 4.99 Å². The van der Waals surface area contributed by atoms with E-state index in [1.54, 1.807) is 30.5 Å². The molecule has 5 nitrogen and oxygen atoms in total. The number of nitrogens with one attached hydrogen (secondary N) is 2. The molecular formula is C18H26FIN4OS. The summed E-state index contributed by atoms with van der Waals surface area (Å²) in [5, 5.41) is 7.60. The Morgan fingerprint density at radius 1 is 1.23 bits per heavy atom. The standard InChI is InChI=1S/C18H25FN4OS.HI/c1-3-16-12-22-17(25-16)13-23-18(20-2)21-10-4-5-11-24-15-8-6-14(19)7-9-15;/h6-9,12H,3-5,10-11,13H2,1-2H3,(H2,20,21,23);1H. The summed E-state index contributed by atoms with van der Waals surface area (Å²) in [7, 11) is 1.76. The molecule has 0 saturated carbocycles. The number of hydrogen-bond donors (Lipinski definition) is 2. The Hall–Kier alpha value is -1.42. The normalized spacial score (nSPS) is 11.0. The quantitative estimate of drug-likeness (QED) is 0.241. The lowest BCUT2D eigenvalue weighted by Crippen LogP contribution is -2.37. The Bertz CT molecular complexity index is 663. The van der Waals surface area contributed by atoms with Gasteiger partial charge in [-0.1, -0.05) is 6.92 Å². The van der Waals surface area contributed by atoms with Crippen LogP contribution in [0.5, 0.6) is 5.75 Å². The third-order valence-corrected chi connectivity index (χ3v) is 4.67. The second kappa shape index (κ2) is 12.9. The summed E-state index contributed by atoms with van der Waals surface area (Å²) < 4.78 is 18.4. The van der Waals surface area contributed by atoms with Crippen LogP contribution in [0.1, 0.15) is 29.7 Å². The summed E-state index contributed by atoms with van der Waals surface area (Å²) >= 11 is 1.72. The highest BCUT2D eigenvalue weighted by atomic mass is 127. The first-order valence-corrected chi connectivity index (χ1v) is 9.29. The lowest BCUT2D eigenvalue weighted by Gasteiger charge is -2.11. The van der Waals surface area contributed by atoms with Gasteiger partial charge < -0.3 is 15.4 Å². The van der Waals surface area contributed by atoms with Crippen LogP contribution in [-0.2, 0) is 13.0 Å². The van der Waals surface area contributed by atoms with Gasteiger partial charge in [0.15, 0.2) is 5.96 Å². The molecule has 0 unspecified atom stereocenters. The van der Waals surface area contributed by atoms with Crippen LogP contribution in [0.25, 0.3) is 0 Å². The zero-order valence-corrected chi connectivity index (χ0v) is 18.3. The molecule has 144 valence electrons. The van der Waals surface area contributed by atoms with Crippen molar-refractivity contribution >= 4 is 41.3 Å². The molecule has 26 heavy (non-hydrogen) atoms. The second-order valence-electron chi connectivity index (χ2n) is 5.44. The van der Waals surface area contributed by atoms with E-state index in [9.17, 15) is 4.39 Å². The van der Waals surface area contributed by atoms with Gasteiger partial charge in [-0.2, -0.15) is 0 Å². The predicted molar refractivity (Wildman–Crippen MR) is 116 cm³/mol. The maximum Gasteiger partial charge on any atom is 0.191 e. The third-order valence-electron chi connectivity index (χ3n) is 3.53. The SMILES string of the molecule is CCc1cnc(CNC(=NC)NCCCCOc2ccc(F)cc2)s1.I. The molecule has 2 rings (SSSR count). The highest BCUT2D eigenvalue weighted by Crippen LogP contribution is 2.13. The lowest BCUT2D eigenvalue weighted by atomic mass is 10.3. The van der Waals surface area contributed by atoms with E-state index in [-0.39, 0.29) is 29.8 Å². The van der Waals surface area contributed by atoms with Crippen molar-refractivity contribution in [2.45, 2.75) is 32.7 Å². The number of benzene rings is 1. The van der Waals surface area contributed by atoms with E-state index in [0.29, 0.717) is 18.9 Å². The fourth-order valence-electron chi connectivity index (χ4n) is 2.13. The molecule has 0 aliphatic heterocycles. The lowest BCUT2D eigenvalue weighted by molar-refractivity contribution is 0.306. The number of aromatic nitrogens is 1. The Kier molecular flexibility index (Phi) is 11.2. The summed E-state index contributed by atoms with van der Waals surface area (Å²) in [5.41, 5.74) is 0. The fraction of sp³-hybridized carbons (Fsp3) is 0.444. The first-order chi connectivity index (χ1) is 12.2. The smallest absolute Gasteiger partial charge is 0.191 e. The molecule has 0 amide bonds. The van der Waals surface area contributed by atoms with Gasteiger partial charge in [0.25, 0.3) is 0 Å². The van der Waals surface area contributed by atoms with E-state index in [1.165, 1.54) is 17.0 Å². The number of unbranched alkanes of at least 4 members (excludes halogenated alkanes) is 1. The average molecular weight is 492 g/mol. The van der Waals surface area contributed by atoms with Crippen molar-refractivity contribution in [3.63, 3.8) is 0 Å². The number of thiazole rings is 1. The molecule has 0 bridgehead atoms. The van der Waals surface area contributed by atoms with Crippen molar-refractivity contribution in [1.82, 2.24) is 15.6 Å². The molecule has 1 heterocycles. The zero-order chi connectivity index (χ0) is 17.9. The van der Waals surface area contributed by atoms with Gasteiger partial charge >= 0.3 is 0 Å². The Morgan fingerprint density at radius 2 is 2.00 bits per heavy atom. The van der Waals surface area contributed by atoms with Crippen molar-refractivity contribution in [3.05, 3.63) is 46.2 Å². The van der Waals surface area contributed by atoms with Gasteiger partial charge in [0, 0.05) is 24.7 Å². The van der Waals surface area contributed by atoms with Gasteiger partial charge in [0.1, 0.15) is 16.6 Å². The number of aliphatic imine (C=N–C) groups is 1. The van der Waals surface area contributed by atoms with Crippen LogP contribution in [0, 0.1) is 5.82 Å². The number of rotatable bonds is 9. The summed E-state index contributed by atoms with van der Waals surface area (Å²) in [6.45, 7) is 4.23. The van der Waals surface area contributed by atoms with Gasteiger partial charge in [-0.25, -0.2) is 9.37 Å². The molecule has 1 aromatic carbocycles. The van der Waals surface area contributed by atoms with Crippen LogP contribution in [0.15, 0.2) is 35.5 Å². The van der Waals surface area contributed by atoms with Gasteiger partial charge in [-0.05, 0) is 43.5 Å². The molecule has 0 saturated heterocycles. The number of hydrogen-bond acceptors (Lipinski definition) is 4. The average Bonchev–Trinajstić information content (AvgIpc) is 3.10. The van der Waals surface area contributed by atoms with E-state index in [0.717, 1.165) is 36.8 Å². The molecular weight excluding hydrogens is 466 g/mol. The second-order valence-corrected chi connectivity index (χ2v) is 6.64. The summed E-state index contributed by atoms with van der Waals surface area (Å²) in [6.07, 6.45) is 4.82. The van der Waals surface area contributed by atoms with Crippen LogP contribution >= 0.6 is 35.3 Å². The minimum atomic E-state index is -0.251. The van der Waals surface area contributed by atoms with E-state index in [2.05, 4.69) is 27.5 Å². The molecule has 0 fully saturated rings. The number of halogens is 2. The molecule has 0 atom stereocenters. The monoisotopic (exact) mass is 492 g/mol. The fourth-order valence-corrected chi connectivity index (χ4v) is 2.93. The summed E-state index contributed by atoms with van der Waals surface area (Å²) in [4.78, 5) is 9.88. The van der Waals surface area contributed by atoms with Crippen molar-refractivity contribution in [2.24, 2.45) is 4.99 Å². The maximum absolute atomic E-state index is 12.8. The topological polar surface area (TPSA) is 58.5 Å². The first-order valence-electron chi connectivity index (χ1n) is 8.47. The van der Waals surface area contributed by atoms with Crippen LogP contribution in [0.3, 0.4) is 0 Å². The van der Waals surface area contributed by atoms with E-state index >= 15 is 0 Å². The Balaban J connectivity index is 0.00000338. The number of guanidine groups is 1. The molecule has 0 aliphatic rings. The minimum Gasteiger partial charge on any atom is -0.494 e. The number of nitrogens with zero attached hydrogens (tertiary/aromatic N) is 2. The van der Waals surface area contributed by atoms with Crippen LogP contribution < -0.4 is 15.4 Å².